The molecule has 4 rings (SSSR count). The van der Waals surface area contributed by atoms with Gasteiger partial charge in [0.2, 0.25) is 11.8 Å². The van der Waals surface area contributed by atoms with E-state index in [1.165, 1.54) is 16.7 Å². The van der Waals surface area contributed by atoms with Crippen LogP contribution in [0.1, 0.15) is 51.0 Å². The number of likely N-dealkylation sites (tertiary alicyclic amines) is 1. The molecule has 1 N–H and O–H groups in total. The molecule has 0 aromatic heterocycles. The van der Waals surface area contributed by atoms with E-state index in [0.717, 1.165) is 25.7 Å². The van der Waals surface area contributed by atoms with Gasteiger partial charge in [-0.1, -0.05) is 73.7 Å². The highest BCUT2D eigenvalue weighted by molar-refractivity contribution is 5.85. The zero-order valence-corrected chi connectivity index (χ0v) is 19.8. The molecule has 2 aromatic carbocycles. The van der Waals surface area contributed by atoms with E-state index in [0.29, 0.717) is 38.9 Å². The van der Waals surface area contributed by atoms with Gasteiger partial charge in [0.1, 0.15) is 0 Å². The Labute approximate surface area is 198 Å². The summed E-state index contributed by atoms with van der Waals surface area (Å²) in [6.45, 7) is 4.09. The highest BCUT2D eigenvalue weighted by atomic mass is 16.2. The Balaban J connectivity index is 1.55. The zero-order valence-electron chi connectivity index (χ0n) is 19.8. The standard InChI is InChI=1S/C29H36N2O2/c1-2-19-30-28(33)29(17-20-31(21-18-29)27(32)24-13-7-4-8-14-24)22-25-15-9-10-16-26(25)23-11-5-3-6-12-23/h3-7,9-12,15-16,24H,2,8,13-14,17-22H2,1H3,(H,30,33)/t24-/m0/s1. The van der Waals surface area contributed by atoms with Gasteiger partial charge in [0.25, 0.3) is 0 Å². The van der Waals surface area contributed by atoms with E-state index < -0.39 is 5.41 Å². The molecule has 0 spiro atoms. The zero-order chi connectivity index (χ0) is 23.1. The number of rotatable bonds is 7. The van der Waals surface area contributed by atoms with E-state index in [9.17, 15) is 9.59 Å². The number of amides is 2. The topological polar surface area (TPSA) is 49.4 Å². The number of piperidine rings is 1. The fraction of sp³-hybridized carbons (Fsp3) is 0.448. The van der Waals surface area contributed by atoms with Gasteiger partial charge in [-0.2, -0.15) is 0 Å². The van der Waals surface area contributed by atoms with Crippen LogP contribution >= 0.6 is 0 Å². The monoisotopic (exact) mass is 444 g/mol. The Hall–Kier alpha value is -2.88. The average molecular weight is 445 g/mol. The van der Waals surface area contributed by atoms with Gasteiger partial charge in [-0.05, 0) is 61.6 Å². The summed E-state index contributed by atoms with van der Waals surface area (Å²) in [7, 11) is 0. The second-order valence-corrected chi connectivity index (χ2v) is 9.54. The molecule has 33 heavy (non-hydrogen) atoms. The first kappa shape index (κ1) is 23.3. The predicted molar refractivity (Wildman–Crippen MR) is 134 cm³/mol. The van der Waals surface area contributed by atoms with E-state index in [1.807, 2.05) is 11.0 Å². The number of nitrogens with one attached hydrogen (secondary N) is 1. The van der Waals surface area contributed by atoms with Crippen molar-refractivity contribution in [2.24, 2.45) is 11.3 Å². The first-order valence-corrected chi connectivity index (χ1v) is 12.5. The van der Waals surface area contributed by atoms with E-state index in [1.54, 1.807) is 0 Å². The van der Waals surface area contributed by atoms with Gasteiger partial charge in [-0.15, -0.1) is 0 Å². The molecule has 0 bridgehead atoms. The molecule has 4 nitrogen and oxygen atoms in total. The van der Waals surface area contributed by atoms with E-state index >= 15 is 0 Å². The summed E-state index contributed by atoms with van der Waals surface area (Å²) in [5.74, 6) is 0.516. The molecule has 1 aliphatic carbocycles. The van der Waals surface area contributed by atoms with Crippen LogP contribution in [0.4, 0.5) is 0 Å². The number of allylic oxidation sites excluding steroid dienone is 2. The number of carbonyl (C=O) groups is 2. The summed E-state index contributed by atoms with van der Waals surface area (Å²) in [6.07, 6.45) is 10.1. The number of hydrogen-bond acceptors (Lipinski definition) is 2. The second kappa shape index (κ2) is 10.8. The quantitative estimate of drug-likeness (QED) is 0.582. The van der Waals surface area contributed by atoms with Crippen LogP contribution in [0.15, 0.2) is 66.7 Å². The lowest BCUT2D eigenvalue weighted by Gasteiger charge is -2.42. The molecule has 1 fully saturated rings. The first-order valence-electron chi connectivity index (χ1n) is 12.5. The van der Waals surface area contributed by atoms with Crippen LogP contribution in [-0.4, -0.2) is 36.3 Å². The molecule has 0 radical (unpaired) electrons. The minimum absolute atomic E-state index is 0.107. The highest BCUT2D eigenvalue weighted by Crippen LogP contribution is 2.39. The summed E-state index contributed by atoms with van der Waals surface area (Å²) < 4.78 is 0. The Kier molecular flexibility index (Phi) is 7.64. The third-order valence-electron chi connectivity index (χ3n) is 7.30. The van der Waals surface area contributed by atoms with Crippen molar-refractivity contribution in [3.63, 3.8) is 0 Å². The summed E-state index contributed by atoms with van der Waals surface area (Å²) in [6, 6.07) is 18.8. The van der Waals surface area contributed by atoms with Crippen molar-refractivity contribution in [2.75, 3.05) is 19.6 Å². The van der Waals surface area contributed by atoms with Gasteiger partial charge in [-0.25, -0.2) is 0 Å². The van der Waals surface area contributed by atoms with Crippen LogP contribution in [-0.2, 0) is 16.0 Å². The van der Waals surface area contributed by atoms with Crippen molar-refractivity contribution < 1.29 is 9.59 Å². The molecule has 1 heterocycles. The number of hydrogen-bond donors (Lipinski definition) is 1. The average Bonchev–Trinajstić information content (AvgIpc) is 2.88. The minimum Gasteiger partial charge on any atom is -0.356 e. The highest BCUT2D eigenvalue weighted by Gasteiger charge is 2.43. The van der Waals surface area contributed by atoms with Crippen LogP contribution < -0.4 is 5.32 Å². The molecule has 2 amide bonds. The van der Waals surface area contributed by atoms with Gasteiger partial charge >= 0.3 is 0 Å². The maximum absolute atomic E-state index is 13.5. The Morgan fingerprint density at radius 1 is 1.00 bits per heavy atom. The third kappa shape index (κ3) is 5.38. The molecule has 0 unspecified atom stereocenters. The Morgan fingerprint density at radius 3 is 2.42 bits per heavy atom. The van der Waals surface area contributed by atoms with Crippen LogP contribution in [0.2, 0.25) is 0 Å². The lowest BCUT2D eigenvalue weighted by molar-refractivity contribution is -0.143. The van der Waals surface area contributed by atoms with Crippen molar-refractivity contribution in [3.05, 3.63) is 72.3 Å². The maximum atomic E-state index is 13.5. The van der Waals surface area contributed by atoms with Crippen LogP contribution in [0, 0.1) is 11.3 Å². The molecule has 1 atom stereocenters. The van der Waals surface area contributed by atoms with E-state index in [4.69, 9.17) is 0 Å². The van der Waals surface area contributed by atoms with Gasteiger partial charge in [0.05, 0.1) is 5.41 Å². The Morgan fingerprint density at radius 2 is 1.73 bits per heavy atom. The van der Waals surface area contributed by atoms with Crippen molar-refractivity contribution in [3.8, 4) is 11.1 Å². The number of carbonyl (C=O) groups excluding carboxylic acids is 2. The number of nitrogens with zero attached hydrogens (tertiary/aromatic N) is 1. The minimum atomic E-state index is -0.483. The van der Waals surface area contributed by atoms with Gasteiger partial charge in [0.15, 0.2) is 0 Å². The van der Waals surface area contributed by atoms with Crippen molar-refractivity contribution in [2.45, 2.75) is 51.9 Å². The molecule has 2 aliphatic rings. The second-order valence-electron chi connectivity index (χ2n) is 9.54. The van der Waals surface area contributed by atoms with E-state index in [-0.39, 0.29) is 17.7 Å². The van der Waals surface area contributed by atoms with Crippen LogP contribution in [0.3, 0.4) is 0 Å². The molecule has 174 valence electrons. The van der Waals surface area contributed by atoms with Gasteiger partial charge in [0, 0.05) is 25.6 Å². The summed E-state index contributed by atoms with van der Waals surface area (Å²) in [5, 5.41) is 3.18. The molecule has 0 saturated carbocycles. The fourth-order valence-corrected chi connectivity index (χ4v) is 5.28. The van der Waals surface area contributed by atoms with Crippen LogP contribution in [0.5, 0.6) is 0 Å². The fourth-order valence-electron chi connectivity index (χ4n) is 5.28. The van der Waals surface area contributed by atoms with Crippen molar-refractivity contribution >= 4 is 11.8 Å². The lowest BCUT2D eigenvalue weighted by atomic mass is 9.71. The maximum Gasteiger partial charge on any atom is 0.226 e. The first-order chi connectivity index (χ1) is 16.1. The smallest absolute Gasteiger partial charge is 0.226 e. The molecule has 1 aliphatic heterocycles. The van der Waals surface area contributed by atoms with Crippen molar-refractivity contribution in [1.82, 2.24) is 10.2 Å². The predicted octanol–water partition coefficient (Wildman–Crippen LogP) is 5.39. The third-order valence-corrected chi connectivity index (χ3v) is 7.30. The van der Waals surface area contributed by atoms with Gasteiger partial charge < -0.3 is 10.2 Å². The normalized spacial score (nSPS) is 19.8. The SMILES string of the molecule is CCCNC(=O)C1(Cc2ccccc2-c2ccccc2)CCN(C(=O)[C@H]2CC=CCC2)CC1. The summed E-state index contributed by atoms with van der Waals surface area (Å²) in [5.41, 5.74) is 3.08. The number of benzene rings is 2. The Bertz CT molecular complexity index is 974. The summed E-state index contributed by atoms with van der Waals surface area (Å²) >= 11 is 0. The largest absolute Gasteiger partial charge is 0.356 e. The van der Waals surface area contributed by atoms with Crippen LogP contribution in [0.25, 0.3) is 11.1 Å². The lowest BCUT2D eigenvalue weighted by Crippen LogP contribution is -2.52. The van der Waals surface area contributed by atoms with E-state index in [2.05, 4.69) is 72.9 Å². The van der Waals surface area contributed by atoms with Gasteiger partial charge in [-0.3, -0.25) is 9.59 Å². The molecule has 4 heteroatoms. The molecule has 2 aromatic rings. The molecular weight excluding hydrogens is 408 g/mol. The summed E-state index contributed by atoms with van der Waals surface area (Å²) in [4.78, 5) is 28.6. The van der Waals surface area contributed by atoms with Crippen molar-refractivity contribution in [1.29, 1.82) is 0 Å². The molecule has 1 saturated heterocycles. The molecular formula is C29H36N2O2.